The lowest BCUT2D eigenvalue weighted by atomic mass is 10.5. The molecule has 0 heterocycles. The predicted octanol–water partition coefficient (Wildman–Crippen LogP) is 1.11. The van der Waals surface area contributed by atoms with E-state index in [0.717, 1.165) is 5.54 Å². The Hall–Kier alpha value is 1.40. The zero-order valence-corrected chi connectivity index (χ0v) is 26.0. The fraction of sp³-hybridized carbons (Fsp3) is 1.00. The molecule has 10 heteroatoms. The summed E-state index contributed by atoms with van der Waals surface area (Å²) in [4.78, 5) is 0. The fourth-order valence-corrected chi connectivity index (χ4v) is 37.1. The molecule has 0 spiro atoms. The number of hydrogen-bond donors (Lipinski definition) is 0. The molecule has 0 aliphatic carbocycles. The van der Waals surface area contributed by atoms with Gasteiger partial charge in [-0.2, -0.15) is 0 Å². The Morgan fingerprint density at radius 3 is 1.32 bits per heavy atom. The van der Waals surface area contributed by atoms with E-state index >= 15 is 0 Å². The molecule has 0 rings (SSSR count). The SMILES string of the molecule is C[SiH2]O[Si](C)(C)C(C[SiH3])C([Si](C)(C)O[SiH2]C)[Si](C)(C)O[SiH2]C. The van der Waals surface area contributed by atoms with E-state index in [1.54, 1.807) is 0 Å². The van der Waals surface area contributed by atoms with Crippen LogP contribution in [-0.4, -0.2) is 64.5 Å². The minimum absolute atomic E-state index is 0.341. The van der Waals surface area contributed by atoms with E-state index in [9.17, 15) is 0 Å². The second-order valence-corrected chi connectivity index (χ2v) is 25.8. The summed E-state index contributed by atoms with van der Waals surface area (Å²) in [6.45, 7) is 21.6. The fourth-order valence-electron chi connectivity index (χ4n) is 4.34. The Morgan fingerprint density at radius 2 is 1.05 bits per heavy atom. The number of rotatable bonds is 11. The van der Waals surface area contributed by atoms with Gasteiger partial charge in [-0.3, -0.25) is 0 Å². The minimum atomic E-state index is -1.72. The molecule has 0 aliphatic rings. The molecule has 0 bridgehead atoms. The van der Waals surface area contributed by atoms with Crippen LogP contribution < -0.4 is 0 Å². The van der Waals surface area contributed by atoms with Crippen molar-refractivity contribution >= 4 is 64.5 Å². The Morgan fingerprint density at radius 1 is 0.727 bits per heavy atom. The van der Waals surface area contributed by atoms with Gasteiger partial charge in [-0.1, -0.05) is 25.7 Å². The largest absolute Gasteiger partial charge is 0.461 e. The van der Waals surface area contributed by atoms with Crippen molar-refractivity contribution in [3.05, 3.63) is 0 Å². The molecule has 0 aliphatic heterocycles. The van der Waals surface area contributed by atoms with Gasteiger partial charge in [0.15, 0.2) is 25.0 Å². The zero-order chi connectivity index (χ0) is 17.6. The molecule has 0 saturated carbocycles. The van der Waals surface area contributed by atoms with Gasteiger partial charge in [0.25, 0.3) is 0 Å². The highest BCUT2D eigenvalue weighted by molar-refractivity contribution is 6.97. The molecular weight excluding hydrogens is 389 g/mol. The first kappa shape index (κ1) is 23.4. The second kappa shape index (κ2) is 9.77. The van der Waals surface area contributed by atoms with Crippen LogP contribution in [0.3, 0.4) is 0 Å². The van der Waals surface area contributed by atoms with Crippen molar-refractivity contribution in [3.8, 4) is 0 Å². The summed E-state index contributed by atoms with van der Waals surface area (Å²) in [5, 5.41) is 0.694. The van der Waals surface area contributed by atoms with E-state index in [2.05, 4.69) is 58.9 Å². The molecule has 1 atom stereocenters. The Balaban J connectivity index is 5.82. The summed E-state index contributed by atoms with van der Waals surface area (Å²) in [7, 11) is -4.88. The van der Waals surface area contributed by atoms with E-state index in [0.29, 0.717) is 5.16 Å². The lowest BCUT2D eigenvalue weighted by Gasteiger charge is -2.49. The van der Waals surface area contributed by atoms with Crippen LogP contribution in [0.25, 0.3) is 0 Å². The smallest absolute Gasteiger partial charge is 0.175 e. The molecule has 0 aromatic heterocycles. The maximum Gasteiger partial charge on any atom is 0.175 e. The van der Waals surface area contributed by atoms with E-state index in [4.69, 9.17) is 12.3 Å². The van der Waals surface area contributed by atoms with Crippen molar-refractivity contribution < 1.29 is 12.3 Å². The van der Waals surface area contributed by atoms with Crippen LogP contribution in [0.4, 0.5) is 0 Å². The van der Waals surface area contributed by atoms with Gasteiger partial charge in [0.2, 0.25) is 0 Å². The maximum atomic E-state index is 6.52. The van der Waals surface area contributed by atoms with Gasteiger partial charge in [0.1, 0.15) is 29.3 Å². The summed E-state index contributed by atoms with van der Waals surface area (Å²) in [6, 6.07) is 1.36. The van der Waals surface area contributed by atoms with Crippen LogP contribution in [0.2, 0.25) is 75.7 Å². The highest BCUT2D eigenvalue weighted by Gasteiger charge is 2.53. The van der Waals surface area contributed by atoms with Gasteiger partial charge in [-0.05, 0) is 50.0 Å². The molecule has 3 nitrogen and oxygen atoms in total. The standard InChI is InChI=1S/C12H40O3Si7/c1-17-13-20(4,5)11(10-16)12(21(6,7)14-18-2)22(8,9)15-19-3/h11-12H,10,17-19H2,1-9,16H3. The summed E-state index contributed by atoms with van der Waals surface area (Å²) < 4.78 is 19.5. The number of hydrogen-bond acceptors (Lipinski definition) is 3. The zero-order valence-electron chi connectivity index (χ0n) is 16.7. The summed E-state index contributed by atoms with van der Waals surface area (Å²) in [6.07, 6.45) is 0. The van der Waals surface area contributed by atoms with Gasteiger partial charge in [-0.15, -0.1) is 0 Å². The third-order valence-electron chi connectivity index (χ3n) is 4.78. The molecular formula is C12H40O3Si7. The average Bonchev–Trinajstić information content (AvgIpc) is 2.34. The normalized spacial score (nSPS) is 18.4. The molecule has 0 saturated heterocycles. The molecule has 0 fully saturated rings. The third-order valence-corrected chi connectivity index (χ3v) is 30.0. The quantitative estimate of drug-likeness (QED) is 0.461. The van der Waals surface area contributed by atoms with Crippen molar-refractivity contribution in [2.45, 2.75) is 75.7 Å². The Kier molecular flexibility index (Phi) is 10.4. The van der Waals surface area contributed by atoms with Crippen molar-refractivity contribution in [2.24, 2.45) is 0 Å². The highest BCUT2D eigenvalue weighted by atomic mass is 28.4. The van der Waals surface area contributed by atoms with Crippen LogP contribution in [0.5, 0.6) is 0 Å². The molecule has 0 aromatic carbocycles. The van der Waals surface area contributed by atoms with Gasteiger partial charge in [0, 0.05) is 10.2 Å². The molecule has 22 heavy (non-hydrogen) atoms. The second-order valence-electron chi connectivity index (χ2n) is 7.60. The van der Waals surface area contributed by atoms with Crippen molar-refractivity contribution in [2.75, 3.05) is 0 Å². The lowest BCUT2D eigenvalue weighted by molar-refractivity contribution is 0.509. The molecule has 1 unspecified atom stereocenters. The monoisotopic (exact) mass is 428 g/mol. The van der Waals surface area contributed by atoms with Crippen molar-refractivity contribution in [1.82, 2.24) is 0 Å². The van der Waals surface area contributed by atoms with E-state index < -0.39 is 25.0 Å². The Bertz CT molecular complexity index is 308. The third kappa shape index (κ3) is 6.37. The Labute approximate surface area is 152 Å². The van der Waals surface area contributed by atoms with Crippen LogP contribution in [0, 0.1) is 0 Å². The molecule has 0 radical (unpaired) electrons. The topological polar surface area (TPSA) is 27.7 Å². The minimum Gasteiger partial charge on any atom is -0.461 e. The lowest BCUT2D eigenvalue weighted by Crippen LogP contribution is -2.58. The van der Waals surface area contributed by atoms with Crippen molar-refractivity contribution in [1.29, 1.82) is 0 Å². The first-order valence-corrected chi connectivity index (χ1v) is 25.3. The van der Waals surface area contributed by atoms with Crippen LogP contribution in [-0.2, 0) is 12.3 Å². The summed E-state index contributed by atoms with van der Waals surface area (Å²) in [5.41, 5.74) is 0.746. The molecule has 0 amide bonds. The van der Waals surface area contributed by atoms with E-state index in [1.807, 2.05) is 0 Å². The highest BCUT2D eigenvalue weighted by Crippen LogP contribution is 2.49. The predicted molar refractivity (Wildman–Crippen MR) is 121 cm³/mol. The summed E-state index contributed by atoms with van der Waals surface area (Å²) in [5.74, 6) is 0. The summed E-state index contributed by atoms with van der Waals surface area (Å²) >= 11 is 0. The molecule has 0 aromatic rings. The molecule has 0 N–H and O–H groups in total. The first-order chi connectivity index (χ1) is 10.00. The molecule has 134 valence electrons. The van der Waals surface area contributed by atoms with Crippen molar-refractivity contribution in [3.63, 3.8) is 0 Å². The van der Waals surface area contributed by atoms with Gasteiger partial charge in [-0.25, -0.2) is 0 Å². The van der Waals surface area contributed by atoms with E-state index in [-0.39, 0.29) is 29.3 Å². The van der Waals surface area contributed by atoms with Gasteiger partial charge < -0.3 is 12.3 Å². The van der Waals surface area contributed by atoms with Gasteiger partial charge >= 0.3 is 0 Å². The first-order valence-electron chi connectivity index (χ1n) is 8.91. The van der Waals surface area contributed by atoms with Crippen LogP contribution in [0.15, 0.2) is 0 Å². The van der Waals surface area contributed by atoms with E-state index in [1.165, 1.54) is 16.3 Å². The van der Waals surface area contributed by atoms with Gasteiger partial charge in [0.05, 0.1) is 0 Å². The van der Waals surface area contributed by atoms with Crippen LogP contribution in [0.1, 0.15) is 0 Å². The average molecular weight is 429 g/mol. The van der Waals surface area contributed by atoms with Crippen LogP contribution >= 0.6 is 0 Å². The maximum absolute atomic E-state index is 6.52.